The maximum atomic E-state index is 11.9. The first kappa shape index (κ1) is 14.1. The molecule has 2 aromatic carbocycles. The van der Waals surface area contributed by atoms with Crippen molar-refractivity contribution in [2.24, 2.45) is 0 Å². The molecular weight excluding hydrogens is 252 g/mol. The van der Waals surface area contributed by atoms with Crippen molar-refractivity contribution >= 4 is 5.97 Å². The highest BCUT2D eigenvalue weighted by atomic mass is 16.5. The molecule has 2 aromatic rings. The van der Waals surface area contributed by atoms with Crippen molar-refractivity contribution in [3.63, 3.8) is 0 Å². The van der Waals surface area contributed by atoms with Gasteiger partial charge in [0.15, 0.2) is 0 Å². The molecule has 0 spiro atoms. The fraction of sp³-hybridized carbons (Fsp3) is 0.235. The van der Waals surface area contributed by atoms with Crippen LogP contribution in [0.4, 0.5) is 0 Å². The van der Waals surface area contributed by atoms with Crippen LogP contribution >= 0.6 is 0 Å². The summed E-state index contributed by atoms with van der Waals surface area (Å²) < 4.78 is 10.6. The van der Waals surface area contributed by atoms with E-state index in [1.54, 1.807) is 13.0 Å². The van der Waals surface area contributed by atoms with Crippen LogP contribution in [0.2, 0.25) is 0 Å². The van der Waals surface area contributed by atoms with Crippen LogP contribution in [0.3, 0.4) is 0 Å². The molecule has 0 heterocycles. The Labute approximate surface area is 119 Å². The zero-order chi connectivity index (χ0) is 14.4. The minimum absolute atomic E-state index is 0.351. The number of carbonyl (C=O) groups excluding carboxylic acids is 1. The van der Waals surface area contributed by atoms with Gasteiger partial charge >= 0.3 is 5.97 Å². The zero-order valence-corrected chi connectivity index (χ0v) is 11.8. The topological polar surface area (TPSA) is 35.5 Å². The van der Waals surface area contributed by atoms with Crippen molar-refractivity contribution < 1.29 is 14.3 Å². The van der Waals surface area contributed by atoms with Gasteiger partial charge in [0.1, 0.15) is 11.3 Å². The van der Waals surface area contributed by atoms with Gasteiger partial charge in [-0.25, -0.2) is 4.79 Å². The Bertz CT molecular complexity index is 576. The lowest BCUT2D eigenvalue weighted by Gasteiger charge is -2.11. The summed E-state index contributed by atoms with van der Waals surface area (Å²) in [4.78, 5) is 11.9. The third kappa shape index (κ3) is 3.18. The fourth-order valence-electron chi connectivity index (χ4n) is 1.98. The predicted molar refractivity (Wildman–Crippen MR) is 79.0 cm³/mol. The SMILES string of the molecule is CCOC(=O)c1ccc(-c2ccccc2)cc1OCC. The van der Waals surface area contributed by atoms with Gasteiger partial charge in [-0.05, 0) is 37.1 Å². The molecule has 3 heteroatoms. The van der Waals surface area contributed by atoms with Crippen LogP contribution in [-0.4, -0.2) is 19.2 Å². The fourth-order valence-corrected chi connectivity index (χ4v) is 1.98. The highest BCUT2D eigenvalue weighted by molar-refractivity contribution is 5.93. The molecule has 0 amide bonds. The van der Waals surface area contributed by atoms with Gasteiger partial charge in [0.2, 0.25) is 0 Å². The normalized spacial score (nSPS) is 10.1. The van der Waals surface area contributed by atoms with Gasteiger partial charge < -0.3 is 9.47 Å². The maximum absolute atomic E-state index is 11.9. The summed E-state index contributed by atoms with van der Waals surface area (Å²) in [6.45, 7) is 4.54. The monoisotopic (exact) mass is 270 g/mol. The van der Waals surface area contributed by atoms with E-state index in [0.29, 0.717) is 24.5 Å². The Morgan fingerprint density at radius 2 is 1.70 bits per heavy atom. The van der Waals surface area contributed by atoms with E-state index in [0.717, 1.165) is 11.1 Å². The highest BCUT2D eigenvalue weighted by Gasteiger charge is 2.14. The Kier molecular flexibility index (Phi) is 4.77. The molecule has 3 nitrogen and oxygen atoms in total. The van der Waals surface area contributed by atoms with Crippen LogP contribution in [0.1, 0.15) is 24.2 Å². The van der Waals surface area contributed by atoms with Crippen molar-refractivity contribution in [2.45, 2.75) is 13.8 Å². The second-order valence-corrected chi connectivity index (χ2v) is 4.23. The molecule has 0 aliphatic rings. The van der Waals surface area contributed by atoms with Crippen LogP contribution in [0.25, 0.3) is 11.1 Å². The van der Waals surface area contributed by atoms with Crippen molar-refractivity contribution in [1.29, 1.82) is 0 Å². The summed E-state index contributed by atoms with van der Waals surface area (Å²) in [6, 6.07) is 15.5. The van der Waals surface area contributed by atoms with Gasteiger partial charge in [-0.2, -0.15) is 0 Å². The molecule has 20 heavy (non-hydrogen) atoms. The molecule has 0 aliphatic heterocycles. The third-order valence-electron chi connectivity index (χ3n) is 2.88. The maximum Gasteiger partial charge on any atom is 0.341 e. The number of benzene rings is 2. The van der Waals surface area contributed by atoms with E-state index < -0.39 is 0 Å². The van der Waals surface area contributed by atoms with Crippen molar-refractivity contribution in [1.82, 2.24) is 0 Å². The summed E-state index contributed by atoms with van der Waals surface area (Å²) in [7, 11) is 0. The minimum Gasteiger partial charge on any atom is -0.493 e. The molecule has 2 rings (SSSR count). The molecule has 0 radical (unpaired) electrons. The van der Waals surface area contributed by atoms with E-state index >= 15 is 0 Å². The average Bonchev–Trinajstić information content (AvgIpc) is 2.48. The molecule has 0 saturated heterocycles. The molecule has 0 fully saturated rings. The molecule has 0 aliphatic carbocycles. The van der Waals surface area contributed by atoms with E-state index in [2.05, 4.69) is 0 Å². The quantitative estimate of drug-likeness (QED) is 0.772. The van der Waals surface area contributed by atoms with Crippen LogP contribution in [0, 0.1) is 0 Å². The largest absolute Gasteiger partial charge is 0.493 e. The number of rotatable bonds is 5. The molecular formula is C17H18O3. The first-order valence-electron chi connectivity index (χ1n) is 6.75. The molecule has 0 saturated carbocycles. The Hall–Kier alpha value is -2.29. The third-order valence-corrected chi connectivity index (χ3v) is 2.88. The zero-order valence-electron chi connectivity index (χ0n) is 11.8. The number of hydrogen-bond acceptors (Lipinski definition) is 3. The number of hydrogen-bond donors (Lipinski definition) is 0. The van der Waals surface area contributed by atoms with Crippen LogP contribution in [0.15, 0.2) is 48.5 Å². The highest BCUT2D eigenvalue weighted by Crippen LogP contribution is 2.28. The average molecular weight is 270 g/mol. The van der Waals surface area contributed by atoms with Gasteiger partial charge in [-0.15, -0.1) is 0 Å². The lowest BCUT2D eigenvalue weighted by molar-refractivity contribution is 0.0522. The van der Waals surface area contributed by atoms with E-state index in [9.17, 15) is 4.79 Å². The number of carbonyl (C=O) groups is 1. The van der Waals surface area contributed by atoms with E-state index in [1.165, 1.54) is 0 Å². The first-order chi connectivity index (χ1) is 9.76. The Balaban J connectivity index is 2.39. The van der Waals surface area contributed by atoms with Gasteiger partial charge in [0.05, 0.1) is 13.2 Å². The predicted octanol–water partition coefficient (Wildman–Crippen LogP) is 3.93. The molecule has 0 unspecified atom stereocenters. The van der Waals surface area contributed by atoms with Crippen molar-refractivity contribution in [3.8, 4) is 16.9 Å². The van der Waals surface area contributed by atoms with Crippen LogP contribution < -0.4 is 4.74 Å². The minimum atomic E-state index is -0.351. The summed E-state index contributed by atoms with van der Waals surface area (Å²) in [5, 5.41) is 0. The molecule has 0 atom stereocenters. The van der Waals surface area contributed by atoms with Crippen molar-refractivity contribution in [3.05, 3.63) is 54.1 Å². The molecule has 104 valence electrons. The van der Waals surface area contributed by atoms with Gasteiger partial charge in [-0.1, -0.05) is 36.4 Å². The number of ether oxygens (including phenoxy) is 2. The summed E-state index contributed by atoms with van der Waals surface area (Å²) in [5.74, 6) is 0.211. The van der Waals surface area contributed by atoms with Gasteiger partial charge in [0.25, 0.3) is 0 Å². The van der Waals surface area contributed by atoms with E-state index in [-0.39, 0.29) is 5.97 Å². The Morgan fingerprint density at radius 3 is 2.35 bits per heavy atom. The number of esters is 1. The smallest absolute Gasteiger partial charge is 0.341 e. The van der Waals surface area contributed by atoms with Crippen LogP contribution in [0.5, 0.6) is 5.75 Å². The van der Waals surface area contributed by atoms with E-state index in [1.807, 2.05) is 49.4 Å². The lowest BCUT2D eigenvalue weighted by atomic mass is 10.0. The van der Waals surface area contributed by atoms with Gasteiger partial charge in [0, 0.05) is 0 Å². The van der Waals surface area contributed by atoms with Gasteiger partial charge in [-0.3, -0.25) is 0 Å². The Morgan fingerprint density at radius 1 is 0.950 bits per heavy atom. The second kappa shape index (κ2) is 6.75. The molecule has 0 aromatic heterocycles. The van der Waals surface area contributed by atoms with Crippen molar-refractivity contribution in [2.75, 3.05) is 13.2 Å². The standard InChI is InChI=1S/C17H18O3/c1-3-19-16-12-14(13-8-6-5-7-9-13)10-11-15(16)17(18)20-4-2/h5-12H,3-4H2,1-2H3. The first-order valence-corrected chi connectivity index (χ1v) is 6.75. The summed E-state index contributed by atoms with van der Waals surface area (Å²) >= 11 is 0. The van der Waals surface area contributed by atoms with E-state index in [4.69, 9.17) is 9.47 Å². The molecule has 0 N–H and O–H groups in total. The second-order valence-electron chi connectivity index (χ2n) is 4.23. The molecule has 0 bridgehead atoms. The summed E-state index contributed by atoms with van der Waals surface area (Å²) in [6.07, 6.45) is 0. The summed E-state index contributed by atoms with van der Waals surface area (Å²) in [5.41, 5.74) is 2.57. The van der Waals surface area contributed by atoms with Crippen LogP contribution in [-0.2, 0) is 4.74 Å². The lowest BCUT2D eigenvalue weighted by Crippen LogP contribution is -2.08.